The molecule has 0 saturated carbocycles. The van der Waals surface area contributed by atoms with E-state index in [0.29, 0.717) is 10.6 Å². The van der Waals surface area contributed by atoms with Crippen molar-refractivity contribution < 1.29 is 36.2 Å². The maximum Gasteiger partial charge on any atom is 0.390 e. The number of rotatable bonds is 9. The number of esters is 1. The van der Waals surface area contributed by atoms with Gasteiger partial charge in [0.05, 0.1) is 13.5 Å². The maximum absolute atomic E-state index is 13.1. The van der Waals surface area contributed by atoms with Gasteiger partial charge in [-0.3, -0.25) is 4.57 Å². The highest BCUT2D eigenvalue weighted by Crippen LogP contribution is 2.26. The topological polar surface area (TPSA) is 106 Å². The molecule has 0 bridgehead atoms. The largest absolute Gasteiger partial charge is 0.463 e. The van der Waals surface area contributed by atoms with Crippen LogP contribution in [0.3, 0.4) is 0 Å². The lowest BCUT2D eigenvalue weighted by Gasteiger charge is -2.11. The fourth-order valence-electron chi connectivity index (χ4n) is 3.57. The quantitative estimate of drug-likeness (QED) is 0.217. The molecule has 0 radical (unpaired) electrons. The zero-order valence-electron chi connectivity index (χ0n) is 19.9. The van der Waals surface area contributed by atoms with E-state index >= 15 is 0 Å². The summed E-state index contributed by atoms with van der Waals surface area (Å²) < 4.78 is 76.5. The van der Waals surface area contributed by atoms with E-state index in [1.54, 1.807) is 0 Å². The van der Waals surface area contributed by atoms with E-state index in [1.807, 2.05) is 0 Å². The molecule has 2 aromatic heterocycles. The normalized spacial score (nSPS) is 11.7. The molecule has 206 valence electrons. The van der Waals surface area contributed by atoms with Crippen LogP contribution in [0.5, 0.6) is 5.75 Å². The minimum atomic E-state index is -4.54. The van der Waals surface area contributed by atoms with Gasteiger partial charge < -0.3 is 9.47 Å². The summed E-state index contributed by atoms with van der Waals surface area (Å²) in [5, 5.41) is 8.67. The molecule has 0 spiro atoms. The molecule has 10 nitrogen and oxygen atoms in total. The Labute approximate surface area is 221 Å². The van der Waals surface area contributed by atoms with Crippen LogP contribution < -0.4 is 10.4 Å². The van der Waals surface area contributed by atoms with Gasteiger partial charge in [-0.2, -0.15) is 22.0 Å². The van der Waals surface area contributed by atoms with Gasteiger partial charge in [0.25, 0.3) is 0 Å². The molecule has 2 aromatic carbocycles. The van der Waals surface area contributed by atoms with Crippen LogP contribution in [0.1, 0.15) is 22.9 Å². The summed E-state index contributed by atoms with van der Waals surface area (Å²) in [6, 6.07) is 11.4. The van der Waals surface area contributed by atoms with Crippen molar-refractivity contribution in [3.05, 3.63) is 75.7 Å². The number of halogens is 6. The number of hydrogen-bond donors (Lipinski definition) is 0. The first-order chi connectivity index (χ1) is 18.5. The van der Waals surface area contributed by atoms with Gasteiger partial charge in [0.1, 0.15) is 12.2 Å². The average Bonchev–Trinajstić information content (AvgIpc) is 3.43. The first-order valence-corrected chi connectivity index (χ1v) is 11.4. The lowest BCUT2D eigenvalue weighted by molar-refractivity contribution is -0.136. The number of para-hydroxylation sites is 2. The SMILES string of the molecule is COC(=O)c1nc(Cn2nc(-c3ccc(Cl)cc3)n(CCC(F)(F)F)c2=O)nn1-c1ccccc1OC(F)F. The highest BCUT2D eigenvalue weighted by molar-refractivity contribution is 6.30. The number of nitrogens with zero attached hydrogens (tertiary/aromatic N) is 6. The number of benzene rings is 2. The van der Waals surface area contributed by atoms with Gasteiger partial charge in [-0.15, -0.1) is 10.2 Å². The number of hydrogen-bond acceptors (Lipinski definition) is 7. The summed E-state index contributed by atoms with van der Waals surface area (Å²) in [4.78, 5) is 29.5. The van der Waals surface area contributed by atoms with Crippen LogP contribution in [0, 0.1) is 0 Å². The van der Waals surface area contributed by atoms with E-state index in [2.05, 4.69) is 19.9 Å². The Morgan fingerprint density at radius 2 is 1.77 bits per heavy atom. The molecule has 0 saturated heterocycles. The second-order valence-corrected chi connectivity index (χ2v) is 8.33. The number of methoxy groups -OCH3 is 1. The Morgan fingerprint density at radius 1 is 1.08 bits per heavy atom. The zero-order chi connectivity index (χ0) is 28.3. The molecule has 4 aromatic rings. The van der Waals surface area contributed by atoms with E-state index < -0.39 is 49.8 Å². The Morgan fingerprint density at radius 3 is 2.41 bits per heavy atom. The summed E-state index contributed by atoms with van der Waals surface area (Å²) in [5.74, 6) is -1.99. The first kappa shape index (κ1) is 27.8. The molecule has 0 fully saturated rings. The summed E-state index contributed by atoms with van der Waals surface area (Å²) in [6.07, 6.45) is -5.83. The molecule has 0 aliphatic carbocycles. The van der Waals surface area contributed by atoms with Gasteiger partial charge in [-0.25, -0.2) is 23.9 Å². The second kappa shape index (κ2) is 11.2. The third-order valence-electron chi connectivity index (χ3n) is 5.26. The van der Waals surface area contributed by atoms with Crippen molar-refractivity contribution in [1.82, 2.24) is 29.1 Å². The molecule has 0 aliphatic heterocycles. The van der Waals surface area contributed by atoms with Gasteiger partial charge in [0, 0.05) is 17.1 Å². The van der Waals surface area contributed by atoms with E-state index in [-0.39, 0.29) is 23.1 Å². The Kier molecular flexibility index (Phi) is 7.99. The Balaban J connectivity index is 1.77. The highest BCUT2D eigenvalue weighted by Gasteiger charge is 2.29. The molecule has 0 N–H and O–H groups in total. The number of ether oxygens (including phenoxy) is 2. The van der Waals surface area contributed by atoms with Crippen LogP contribution in [0.25, 0.3) is 17.1 Å². The van der Waals surface area contributed by atoms with Crippen molar-refractivity contribution in [2.75, 3.05) is 7.11 Å². The van der Waals surface area contributed by atoms with E-state index in [1.165, 1.54) is 48.5 Å². The van der Waals surface area contributed by atoms with Crippen molar-refractivity contribution in [2.45, 2.75) is 32.3 Å². The lowest BCUT2D eigenvalue weighted by Crippen LogP contribution is -2.27. The van der Waals surface area contributed by atoms with E-state index in [4.69, 9.17) is 16.3 Å². The number of carbonyl (C=O) groups is 1. The fourth-order valence-corrected chi connectivity index (χ4v) is 3.70. The standard InChI is InChI=1S/C23H18ClF5N6O4/c1-38-20(36)19-30-17(31-35(19)15-4-2-3-5-16(15)39-21(25)26)12-34-22(37)33(11-10-23(27,28)29)18(32-34)13-6-8-14(24)9-7-13/h2-9,21H,10-12H2,1H3. The number of alkyl halides is 5. The van der Waals surface area contributed by atoms with Crippen LogP contribution in [0.2, 0.25) is 5.02 Å². The monoisotopic (exact) mass is 572 g/mol. The van der Waals surface area contributed by atoms with Crippen molar-refractivity contribution >= 4 is 17.6 Å². The summed E-state index contributed by atoms with van der Waals surface area (Å²) >= 11 is 5.90. The van der Waals surface area contributed by atoms with Gasteiger partial charge in [-0.05, 0) is 36.4 Å². The van der Waals surface area contributed by atoms with Gasteiger partial charge in [0.15, 0.2) is 17.4 Å². The summed E-state index contributed by atoms with van der Waals surface area (Å²) in [6.45, 7) is -4.37. The lowest BCUT2D eigenvalue weighted by atomic mass is 10.2. The smallest absolute Gasteiger partial charge is 0.390 e. The second-order valence-electron chi connectivity index (χ2n) is 7.89. The first-order valence-electron chi connectivity index (χ1n) is 11.1. The maximum atomic E-state index is 13.1. The average molecular weight is 573 g/mol. The van der Waals surface area contributed by atoms with Crippen molar-refractivity contribution in [3.63, 3.8) is 0 Å². The highest BCUT2D eigenvalue weighted by atomic mass is 35.5. The summed E-state index contributed by atoms with van der Waals surface area (Å²) in [7, 11) is 1.06. The van der Waals surface area contributed by atoms with Crippen molar-refractivity contribution in [2.24, 2.45) is 0 Å². The molecular formula is C23H18ClF5N6O4. The van der Waals surface area contributed by atoms with E-state index in [0.717, 1.165) is 21.0 Å². The molecule has 0 amide bonds. The third-order valence-corrected chi connectivity index (χ3v) is 5.52. The van der Waals surface area contributed by atoms with Gasteiger partial charge >= 0.3 is 24.4 Å². The van der Waals surface area contributed by atoms with Crippen LogP contribution in [0.15, 0.2) is 53.3 Å². The van der Waals surface area contributed by atoms with Gasteiger partial charge in [0.2, 0.25) is 5.82 Å². The number of carbonyl (C=O) groups excluding carboxylic acids is 1. The van der Waals surface area contributed by atoms with Gasteiger partial charge in [-0.1, -0.05) is 23.7 Å². The van der Waals surface area contributed by atoms with Crippen molar-refractivity contribution in [3.8, 4) is 22.8 Å². The molecule has 2 heterocycles. The van der Waals surface area contributed by atoms with Crippen LogP contribution in [-0.4, -0.2) is 55.0 Å². The fraction of sp³-hybridized carbons (Fsp3) is 0.261. The molecular weight excluding hydrogens is 555 g/mol. The van der Waals surface area contributed by atoms with Crippen LogP contribution in [-0.2, 0) is 17.8 Å². The molecule has 0 atom stereocenters. The molecule has 4 rings (SSSR count). The zero-order valence-corrected chi connectivity index (χ0v) is 20.7. The molecule has 39 heavy (non-hydrogen) atoms. The molecule has 0 unspecified atom stereocenters. The van der Waals surface area contributed by atoms with E-state index in [9.17, 15) is 31.5 Å². The predicted octanol–water partition coefficient (Wildman–Crippen LogP) is 4.33. The minimum Gasteiger partial charge on any atom is -0.463 e. The van der Waals surface area contributed by atoms with Crippen LogP contribution >= 0.6 is 11.6 Å². The molecule has 16 heteroatoms. The Hall–Kier alpha value is -4.27. The summed E-state index contributed by atoms with van der Waals surface area (Å²) in [5.41, 5.74) is -0.660. The third kappa shape index (κ3) is 6.42. The Bertz CT molecular complexity index is 1530. The molecule has 0 aliphatic rings. The minimum absolute atomic E-state index is 0.0655. The predicted molar refractivity (Wildman–Crippen MR) is 126 cm³/mol. The van der Waals surface area contributed by atoms with Crippen LogP contribution in [0.4, 0.5) is 22.0 Å². The van der Waals surface area contributed by atoms with Crippen molar-refractivity contribution in [1.29, 1.82) is 0 Å². The number of aromatic nitrogens is 6.